The van der Waals surface area contributed by atoms with Gasteiger partial charge in [0.15, 0.2) is 0 Å². The molecule has 0 aliphatic heterocycles. The van der Waals surface area contributed by atoms with Crippen LogP contribution in [-0.4, -0.2) is 17.0 Å². The van der Waals surface area contributed by atoms with Crippen molar-refractivity contribution in [3.63, 3.8) is 0 Å². The van der Waals surface area contributed by atoms with E-state index >= 15 is 0 Å². The van der Waals surface area contributed by atoms with Crippen molar-refractivity contribution in [1.82, 2.24) is 0 Å². The molecule has 0 fully saturated rings. The first-order chi connectivity index (χ1) is 10.5. The van der Waals surface area contributed by atoms with Crippen LogP contribution in [0.3, 0.4) is 0 Å². The van der Waals surface area contributed by atoms with Crippen molar-refractivity contribution >= 4 is 39.1 Å². The molecule has 0 aromatic heterocycles. The quantitative estimate of drug-likeness (QED) is 0.572. The van der Waals surface area contributed by atoms with Crippen LogP contribution < -0.4 is 5.32 Å². The first-order valence-corrected chi connectivity index (χ1v) is 7.01. The Hall–Kier alpha value is -2.88. The number of carbonyl (C=O) groups excluding carboxylic acids is 1. The fraction of sp³-hybridized carbons (Fsp3) is 0.111. The maximum Gasteiger partial charge on any atom is 0.315 e. The third-order valence-corrected chi connectivity index (χ3v) is 3.74. The van der Waals surface area contributed by atoms with Crippen molar-refractivity contribution in [3.8, 4) is 0 Å². The molecule has 0 saturated heterocycles. The van der Waals surface area contributed by atoms with Gasteiger partial charge in [0.2, 0.25) is 5.91 Å². The lowest BCUT2D eigenvalue weighted by Crippen LogP contribution is -2.26. The number of anilines is 1. The van der Waals surface area contributed by atoms with Crippen LogP contribution in [0.1, 0.15) is 6.92 Å². The summed E-state index contributed by atoms with van der Waals surface area (Å²) < 4.78 is 0. The molecule has 4 heteroatoms. The molecular formula is C18H15NO3. The molecule has 22 heavy (non-hydrogen) atoms. The molecule has 110 valence electrons. The summed E-state index contributed by atoms with van der Waals surface area (Å²) in [6.07, 6.45) is 0. The van der Waals surface area contributed by atoms with E-state index in [1.807, 2.05) is 30.3 Å². The summed E-state index contributed by atoms with van der Waals surface area (Å²) >= 11 is 0. The van der Waals surface area contributed by atoms with Gasteiger partial charge in [-0.1, -0.05) is 30.3 Å². The molecule has 0 aliphatic rings. The smallest absolute Gasteiger partial charge is 0.315 e. The Morgan fingerprint density at radius 2 is 1.50 bits per heavy atom. The number of benzene rings is 3. The zero-order valence-electron chi connectivity index (χ0n) is 12.0. The summed E-state index contributed by atoms with van der Waals surface area (Å²) in [7, 11) is 0. The van der Waals surface area contributed by atoms with Gasteiger partial charge in [-0.05, 0) is 52.7 Å². The van der Waals surface area contributed by atoms with E-state index in [1.165, 1.54) is 6.92 Å². The number of fused-ring (bicyclic) bond motifs is 2. The van der Waals surface area contributed by atoms with Crippen LogP contribution in [0.2, 0.25) is 0 Å². The van der Waals surface area contributed by atoms with Gasteiger partial charge in [-0.3, -0.25) is 9.59 Å². The Balaban J connectivity index is 1.97. The highest BCUT2D eigenvalue weighted by Crippen LogP contribution is 2.25. The van der Waals surface area contributed by atoms with E-state index in [4.69, 9.17) is 5.11 Å². The molecular weight excluding hydrogens is 278 g/mol. The lowest BCUT2D eigenvalue weighted by atomic mass is 10.0. The molecule has 1 amide bonds. The minimum absolute atomic E-state index is 0.521. The summed E-state index contributed by atoms with van der Waals surface area (Å²) in [4.78, 5) is 22.6. The molecule has 0 saturated carbocycles. The number of carboxylic acid groups (broad SMARTS) is 1. The zero-order chi connectivity index (χ0) is 15.7. The molecule has 3 aromatic rings. The van der Waals surface area contributed by atoms with Gasteiger partial charge in [0.05, 0.1) is 0 Å². The van der Waals surface area contributed by atoms with E-state index in [0.29, 0.717) is 5.69 Å². The molecule has 3 aromatic carbocycles. The van der Waals surface area contributed by atoms with E-state index in [9.17, 15) is 9.59 Å². The predicted molar refractivity (Wildman–Crippen MR) is 86.9 cm³/mol. The summed E-state index contributed by atoms with van der Waals surface area (Å²) in [5.74, 6) is -2.73. The molecule has 4 nitrogen and oxygen atoms in total. The normalized spacial score (nSPS) is 12.2. The minimum atomic E-state index is -1.13. The number of aliphatic carboxylic acids is 1. The average molecular weight is 293 g/mol. The first kappa shape index (κ1) is 14.1. The second-order valence-electron chi connectivity index (χ2n) is 5.31. The largest absolute Gasteiger partial charge is 0.481 e. The molecule has 0 bridgehead atoms. The molecule has 0 spiro atoms. The Kier molecular flexibility index (Phi) is 3.51. The number of hydrogen-bond acceptors (Lipinski definition) is 2. The number of rotatable bonds is 3. The van der Waals surface area contributed by atoms with E-state index in [2.05, 4.69) is 23.5 Å². The van der Waals surface area contributed by atoms with Gasteiger partial charge in [0.25, 0.3) is 0 Å². The fourth-order valence-corrected chi connectivity index (χ4v) is 2.38. The first-order valence-electron chi connectivity index (χ1n) is 7.01. The summed E-state index contributed by atoms with van der Waals surface area (Å²) in [5.41, 5.74) is 0.598. The average Bonchev–Trinajstić information content (AvgIpc) is 2.51. The molecule has 2 N–H and O–H groups in total. The number of nitrogens with one attached hydrogen (secondary N) is 1. The Labute approximate surface area is 127 Å². The van der Waals surface area contributed by atoms with Crippen LogP contribution in [0.15, 0.2) is 54.6 Å². The van der Waals surface area contributed by atoms with Gasteiger partial charge in [-0.15, -0.1) is 0 Å². The second-order valence-corrected chi connectivity index (χ2v) is 5.31. The number of hydrogen-bond donors (Lipinski definition) is 2. The van der Waals surface area contributed by atoms with Gasteiger partial charge in [0, 0.05) is 5.69 Å². The molecule has 3 rings (SSSR count). The van der Waals surface area contributed by atoms with Crippen molar-refractivity contribution < 1.29 is 14.7 Å². The summed E-state index contributed by atoms with van der Waals surface area (Å²) in [5, 5.41) is 15.9. The fourth-order valence-electron chi connectivity index (χ4n) is 2.38. The van der Waals surface area contributed by atoms with Crippen LogP contribution in [0, 0.1) is 5.92 Å². The van der Waals surface area contributed by atoms with Gasteiger partial charge in [0.1, 0.15) is 5.92 Å². The third kappa shape index (κ3) is 2.63. The molecule has 0 aliphatic carbocycles. The number of amides is 1. The standard InChI is InChI=1S/C18H15NO3/c1-11(18(21)22)17(20)19-16-7-6-14-8-12-4-2-3-5-13(12)9-15(14)10-16/h2-11H,1H3,(H,19,20)(H,21,22). The van der Waals surface area contributed by atoms with Crippen molar-refractivity contribution in [1.29, 1.82) is 0 Å². The van der Waals surface area contributed by atoms with E-state index < -0.39 is 17.8 Å². The van der Waals surface area contributed by atoms with Crippen LogP contribution in [0.5, 0.6) is 0 Å². The summed E-state index contributed by atoms with van der Waals surface area (Å²) in [6.45, 7) is 1.37. The predicted octanol–water partition coefficient (Wildman–Crippen LogP) is 3.65. The van der Waals surface area contributed by atoms with Gasteiger partial charge in [-0.2, -0.15) is 0 Å². The van der Waals surface area contributed by atoms with E-state index in [-0.39, 0.29) is 0 Å². The van der Waals surface area contributed by atoms with Crippen molar-refractivity contribution in [2.45, 2.75) is 6.92 Å². The maximum absolute atomic E-state index is 11.8. The molecule has 1 unspecified atom stereocenters. The minimum Gasteiger partial charge on any atom is -0.481 e. The van der Waals surface area contributed by atoms with E-state index in [0.717, 1.165) is 21.5 Å². The van der Waals surface area contributed by atoms with Gasteiger partial charge >= 0.3 is 5.97 Å². The highest BCUT2D eigenvalue weighted by Gasteiger charge is 2.20. The topological polar surface area (TPSA) is 66.4 Å². The van der Waals surface area contributed by atoms with Crippen molar-refractivity contribution in [2.24, 2.45) is 5.92 Å². The zero-order valence-corrected chi connectivity index (χ0v) is 12.0. The Morgan fingerprint density at radius 3 is 2.14 bits per heavy atom. The highest BCUT2D eigenvalue weighted by atomic mass is 16.4. The lowest BCUT2D eigenvalue weighted by Gasteiger charge is -2.10. The lowest BCUT2D eigenvalue weighted by molar-refractivity contribution is -0.144. The number of carbonyl (C=O) groups is 2. The number of carboxylic acids is 1. The molecule has 1 atom stereocenters. The van der Waals surface area contributed by atoms with Gasteiger partial charge in [-0.25, -0.2) is 0 Å². The Bertz CT molecular complexity index is 886. The SMILES string of the molecule is CC(C(=O)O)C(=O)Nc1ccc2cc3ccccc3cc2c1. The maximum atomic E-state index is 11.8. The van der Waals surface area contributed by atoms with Gasteiger partial charge < -0.3 is 10.4 Å². The van der Waals surface area contributed by atoms with Crippen LogP contribution in [0.4, 0.5) is 5.69 Å². The monoisotopic (exact) mass is 293 g/mol. The van der Waals surface area contributed by atoms with E-state index in [1.54, 1.807) is 6.07 Å². The van der Waals surface area contributed by atoms with Crippen molar-refractivity contribution in [2.75, 3.05) is 5.32 Å². The highest BCUT2D eigenvalue weighted by molar-refractivity contribution is 6.05. The Morgan fingerprint density at radius 1 is 0.909 bits per heavy atom. The summed E-state index contributed by atoms with van der Waals surface area (Å²) in [6, 6.07) is 17.8. The second kappa shape index (κ2) is 5.48. The van der Waals surface area contributed by atoms with Crippen LogP contribution >= 0.6 is 0 Å². The van der Waals surface area contributed by atoms with Crippen LogP contribution in [0.25, 0.3) is 21.5 Å². The molecule has 0 heterocycles. The third-order valence-electron chi connectivity index (χ3n) is 3.74. The van der Waals surface area contributed by atoms with Crippen molar-refractivity contribution in [3.05, 3.63) is 54.6 Å². The molecule has 0 radical (unpaired) electrons. The van der Waals surface area contributed by atoms with Crippen LogP contribution in [-0.2, 0) is 9.59 Å².